The SMILES string of the molecule is C[C@@H](O)[C@@H](c1ncco1)N1CC2(CCCN2C(=O)OC(C)(C)C)C1=O. The number of nitrogens with zero attached hydrogens (tertiary/aromatic N) is 3. The summed E-state index contributed by atoms with van der Waals surface area (Å²) >= 11 is 0. The first kappa shape index (κ1) is 17.7. The second kappa shape index (κ2) is 6.01. The monoisotopic (exact) mass is 351 g/mol. The second-order valence-corrected chi connectivity index (χ2v) is 7.76. The molecule has 3 atom stereocenters. The van der Waals surface area contributed by atoms with Gasteiger partial charge in [0.15, 0.2) is 0 Å². The van der Waals surface area contributed by atoms with E-state index in [2.05, 4.69) is 4.98 Å². The van der Waals surface area contributed by atoms with Gasteiger partial charge in [-0.25, -0.2) is 9.78 Å². The van der Waals surface area contributed by atoms with Crippen molar-refractivity contribution >= 4 is 12.0 Å². The number of aromatic nitrogens is 1. The third kappa shape index (κ3) is 2.99. The molecule has 1 unspecified atom stereocenters. The van der Waals surface area contributed by atoms with Gasteiger partial charge in [0.2, 0.25) is 5.89 Å². The molecule has 0 radical (unpaired) electrons. The third-order valence-electron chi connectivity index (χ3n) is 4.69. The number of carbonyl (C=O) groups is 2. The van der Waals surface area contributed by atoms with E-state index in [0.717, 1.165) is 6.42 Å². The number of rotatable bonds is 3. The van der Waals surface area contributed by atoms with E-state index < -0.39 is 29.4 Å². The van der Waals surface area contributed by atoms with Crippen molar-refractivity contribution in [3.05, 3.63) is 18.4 Å². The van der Waals surface area contributed by atoms with Gasteiger partial charge in [0, 0.05) is 6.54 Å². The predicted molar refractivity (Wildman–Crippen MR) is 87.5 cm³/mol. The van der Waals surface area contributed by atoms with Gasteiger partial charge in [-0.15, -0.1) is 0 Å². The number of likely N-dealkylation sites (tertiary alicyclic amines) is 2. The Morgan fingerprint density at radius 1 is 1.48 bits per heavy atom. The molecule has 2 amide bonds. The molecule has 1 aromatic heterocycles. The number of oxazole rings is 1. The number of ether oxygens (including phenoxy) is 1. The lowest BCUT2D eigenvalue weighted by atomic mass is 9.83. The van der Waals surface area contributed by atoms with Crippen LogP contribution in [-0.4, -0.2) is 62.2 Å². The maximum atomic E-state index is 13.0. The van der Waals surface area contributed by atoms with E-state index in [4.69, 9.17) is 9.15 Å². The minimum atomic E-state index is -0.873. The molecule has 2 saturated heterocycles. The molecule has 0 bridgehead atoms. The summed E-state index contributed by atoms with van der Waals surface area (Å²) < 4.78 is 10.7. The molecule has 138 valence electrons. The number of hydrogen-bond acceptors (Lipinski definition) is 6. The number of amides is 2. The van der Waals surface area contributed by atoms with Crippen molar-refractivity contribution in [1.29, 1.82) is 0 Å². The van der Waals surface area contributed by atoms with Gasteiger partial charge in [-0.2, -0.15) is 0 Å². The summed E-state index contributed by atoms with van der Waals surface area (Å²) in [4.78, 5) is 32.6. The van der Waals surface area contributed by atoms with Crippen LogP contribution in [0.1, 0.15) is 52.5 Å². The fourth-order valence-electron chi connectivity index (χ4n) is 3.65. The van der Waals surface area contributed by atoms with E-state index in [-0.39, 0.29) is 5.91 Å². The summed E-state index contributed by atoms with van der Waals surface area (Å²) in [6.07, 6.45) is 2.93. The standard InChI is InChI=1S/C17H25N3O5/c1-11(21)12(13-18-7-9-24-13)19-10-17(14(19)22)6-5-8-20(17)15(23)25-16(2,3)4/h7,9,11-12,21H,5-6,8,10H2,1-4H3/t11-,12+,17?/m1/s1. The van der Waals surface area contributed by atoms with Crippen LogP contribution in [0.25, 0.3) is 0 Å². The Morgan fingerprint density at radius 2 is 2.20 bits per heavy atom. The van der Waals surface area contributed by atoms with E-state index in [0.29, 0.717) is 25.4 Å². The Kier molecular flexibility index (Phi) is 4.26. The smallest absolute Gasteiger partial charge is 0.411 e. The Morgan fingerprint density at radius 3 is 2.72 bits per heavy atom. The van der Waals surface area contributed by atoms with Crippen LogP contribution in [0.4, 0.5) is 4.79 Å². The van der Waals surface area contributed by atoms with E-state index in [1.54, 1.807) is 27.7 Å². The Bertz CT molecular complexity index is 652. The van der Waals surface area contributed by atoms with Crippen LogP contribution in [0.5, 0.6) is 0 Å². The minimum Gasteiger partial charge on any atom is -0.447 e. The maximum absolute atomic E-state index is 13.0. The van der Waals surface area contributed by atoms with Crippen molar-refractivity contribution in [2.45, 2.75) is 63.8 Å². The lowest BCUT2D eigenvalue weighted by Gasteiger charge is -2.53. The highest BCUT2D eigenvalue weighted by molar-refractivity contribution is 5.96. The van der Waals surface area contributed by atoms with E-state index in [9.17, 15) is 14.7 Å². The van der Waals surface area contributed by atoms with E-state index >= 15 is 0 Å². The van der Waals surface area contributed by atoms with Gasteiger partial charge < -0.3 is 19.2 Å². The molecule has 0 aromatic carbocycles. The number of hydrogen-bond donors (Lipinski definition) is 1. The van der Waals surface area contributed by atoms with Gasteiger partial charge in [0.05, 0.1) is 18.8 Å². The summed E-state index contributed by atoms with van der Waals surface area (Å²) in [5.41, 5.74) is -1.49. The molecule has 0 saturated carbocycles. The van der Waals surface area contributed by atoms with Crippen molar-refractivity contribution in [3.8, 4) is 0 Å². The molecule has 3 heterocycles. The van der Waals surface area contributed by atoms with Gasteiger partial charge in [0.25, 0.3) is 5.91 Å². The maximum Gasteiger partial charge on any atom is 0.411 e. The van der Waals surface area contributed by atoms with Crippen molar-refractivity contribution in [1.82, 2.24) is 14.8 Å². The van der Waals surface area contributed by atoms with Gasteiger partial charge in [-0.3, -0.25) is 9.69 Å². The highest BCUT2D eigenvalue weighted by atomic mass is 16.6. The molecule has 1 aromatic rings. The first-order valence-corrected chi connectivity index (χ1v) is 8.55. The molecule has 8 nitrogen and oxygen atoms in total. The number of carbonyl (C=O) groups excluding carboxylic acids is 2. The molecule has 2 fully saturated rings. The van der Waals surface area contributed by atoms with Crippen LogP contribution in [0.2, 0.25) is 0 Å². The lowest BCUT2D eigenvalue weighted by molar-refractivity contribution is -0.170. The average molecular weight is 351 g/mol. The van der Waals surface area contributed by atoms with Crippen molar-refractivity contribution in [2.24, 2.45) is 0 Å². The normalized spacial score (nSPS) is 25.9. The first-order chi connectivity index (χ1) is 11.7. The van der Waals surface area contributed by atoms with E-state index in [1.165, 1.54) is 22.3 Å². The third-order valence-corrected chi connectivity index (χ3v) is 4.69. The lowest BCUT2D eigenvalue weighted by Crippen LogP contribution is -2.74. The largest absolute Gasteiger partial charge is 0.447 e. The minimum absolute atomic E-state index is 0.194. The topological polar surface area (TPSA) is 96.1 Å². The van der Waals surface area contributed by atoms with Crippen molar-refractivity contribution in [2.75, 3.05) is 13.1 Å². The zero-order valence-corrected chi connectivity index (χ0v) is 15.1. The zero-order valence-electron chi connectivity index (χ0n) is 15.1. The van der Waals surface area contributed by atoms with Crippen LogP contribution in [0, 0.1) is 0 Å². The second-order valence-electron chi connectivity index (χ2n) is 7.76. The van der Waals surface area contributed by atoms with Crippen LogP contribution in [0.15, 0.2) is 16.9 Å². The molecular formula is C17H25N3O5. The fraction of sp³-hybridized carbons (Fsp3) is 0.706. The number of aliphatic hydroxyl groups is 1. The first-order valence-electron chi connectivity index (χ1n) is 8.55. The Balaban J connectivity index is 1.79. The Labute approximate surface area is 146 Å². The van der Waals surface area contributed by atoms with Crippen LogP contribution in [0.3, 0.4) is 0 Å². The molecule has 8 heteroatoms. The van der Waals surface area contributed by atoms with Crippen LogP contribution >= 0.6 is 0 Å². The summed E-state index contributed by atoms with van der Waals surface area (Å²) in [5, 5.41) is 10.1. The van der Waals surface area contributed by atoms with Gasteiger partial charge >= 0.3 is 6.09 Å². The molecule has 3 rings (SSSR count). The Hall–Kier alpha value is -2.09. The highest BCUT2D eigenvalue weighted by Gasteiger charge is 2.62. The summed E-state index contributed by atoms with van der Waals surface area (Å²) in [6, 6.07) is -0.658. The van der Waals surface area contributed by atoms with Crippen LogP contribution in [-0.2, 0) is 9.53 Å². The molecule has 1 spiro atoms. The van der Waals surface area contributed by atoms with E-state index in [1.807, 2.05) is 0 Å². The fourth-order valence-corrected chi connectivity index (χ4v) is 3.65. The summed E-state index contributed by atoms with van der Waals surface area (Å²) in [5.74, 6) is 0.0972. The van der Waals surface area contributed by atoms with Crippen molar-refractivity contribution in [3.63, 3.8) is 0 Å². The zero-order chi connectivity index (χ0) is 18.4. The summed E-state index contributed by atoms with van der Waals surface area (Å²) in [7, 11) is 0. The molecule has 0 aliphatic carbocycles. The quantitative estimate of drug-likeness (QED) is 0.833. The molecule has 1 N–H and O–H groups in total. The molecule has 2 aliphatic heterocycles. The van der Waals surface area contributed by atoms with Crippen LogP contribution < -0.4 is 0 Å². The van der Waals surface area contributed by atoms with Crippen molar-refractivity contribution < 1.29 is 23.8 Å². The number of β-lactam (4-membered cyclic amide) rings is 1. The van der Waals surface area contributed by atoms with Gasteiger partial charge in [-0.1, -0.05) is 0 Å². The molecule has 2 aliphatic rings. The highest BCUT2D eigenvalue weighted by Crippen LogP contribution is 2.44. The molecule has 25 heavy (non-hydrogen) atoms. The molecular weight excluding hydrogens is 326 g/mol. The van der Waals surface area contributed by atoms with Gasteiger partial charge in [-0.05, 0) is 40.5 Å². The predicted octanol–water partition coefficient (Wildman–Crippen LogP) is 1.71. The summed E-state index contributed by atoms with van der Waals surface area (Å²) in [6.45, 7) is 7.82. The average Bonchev–Trinajstić information content (AvgIpc) is 3.14. The number of aliphatic hydroxyl groups excluding tert-OH is 1. The van der Waals surface area contributed by atoms with Gasteiger partial charge in [0.1, 0.15) is 23.4 Å².